The summed E-state index contributed by atoms with van der Waals surface area (Å²) in [7, 11) is 0. The summed E-state index contributed by atoms with van der Waals surface area (Å²) in [6.45, 7) is 16.7. The molecule has 3 amide bonds. The maximum absolute atomic E-state index is 13.3. The Kier molecular flexibility index (Phi) is 35.6. The Balaban J connectivity index is 0.000000202. The molecule has 9 N–H and O–H groups in total. The third-order valence-corrected chi connectivity index (χ3v) is 22.3. The lowest BCUT2D eigenvalue weighted by Gasteiger charge is -2.31. The van der Waals surface area contributed by atoms with Gasteiger partial charge in [0.05, 0.1) is 40.0 Å². The molecule has 8 unspecified atom stereocenters. The van der Waals surface area contributed by atoms with E-state index in [1.807, 2.05) is 155 Å². The first-order chi connectivity index (χ1) is 62.2. The van der Waals surface area contributed by atoms with Crippen LogP contribution in [0.25, 0.3) is 11.4 Å². The van der Waals surface area contributed by atoms with Gasteiger partial charge in [-0.3, -0.25) is 19.8 Å². The molecule has 0 bridgehead atoms. The van der Waals surface area contributed by atoms with Crippen LogP contribution in [0, 0.1) is 28.1 Å². The summed E-state index contributed by atoms with van der Waals surface area (Å²) in [6.07, 6.45) is -9.02. The fourth-order valence-electron chi connectivity index (χ4n) is 13.9. The number of H-pyrrole nitrogens is 1. The summed E-state index contributed by atoms with van der Waals surface area (Å²) in [5.74, 6) is -1.70. The lowest BCUT2D eigenvalue weighted by molar-refractivity contribution is -0.139. The van der Waals surface area contributed by atoms with E-state index in [2.05, 4.69) is 63.7 Å². The highest BCUT2D eigenvalue weighted by molar-refractivity contribution is 6.31. The molecule has 8 aromatic carbocycles. The molecule has 0 aliphatic carbocycles. The lowest BCUT2D eigenvalue weighted by atomic mass is 9.85. The predicted octanol–water partition coefficient (Wildman–Crippen LogP) is 21.5. The van der Waals surface area contributed by atoms with Gasteiger partial charge in [-0.05, 0) is 248 Å². The van der Waals surface area contributed by atoms with Gasteiger partial charge in [0.25, 0.3) is 17.7 Å². The third-order valence-electron chi connectivity index (χ3n) is 21.3. The van der Waals surface area contributed by atoms with Gasteiger partial charge in [0.1, 0.15) is 5.84 Å². The van der Waals surface area contributed by atoms with Crippen LogP contribution in [0.15, 0.2) is 249 Å². The summed E-state index contributed by atoms with van der Waals surface area (Å²) in [4.78, 5) is 50.8. The van der Waals surface area contributed by atoms with Crippen molar-refractivity contribution in [2.24, 2.45) is 11.5 Å². The number of carbonyl (C=O) groups is 3. The number of nitrogens with zero attached hydrogens (tertiary/aromatic N) is 8. The Bertz CT molecular complexity index is 5910. The number of nitrogens with one attached hydrogen (secondary N) is 5. The molecule has 21 nitrogen and oxygen atoms in total. The number of amides is 3. The highest BCUT2D eigenvalue weighted by Crippen LogP contribution is 2.37. The third kappa shape index (κ3) is 30.6. The molecular weight excluding hydrogens is 1800 g/mol. The molecule has 0 fully saturated rings. The van der Waals surface area contributed by atoms with Crippen LogP contribution in [-0.2, 0) is 58.6 Å². The zero-order chi connectivity index (χ0) is 96.6. The minimum Gasteiger partial charge on any atom is -0.462 e. The van der Waals surface area contributed by atoms with Gasteiger partial charge < -0.3 is 41.6 Å². The number of aromatic nitrogens is 7. The topological polar surface area (TPSA) is 332 Å². The number of nitrogen functional groups attached to an aromatic ring is 1. The molecule has 690 valence electrons. The van der Waals surface area contributed by atoms with Crippen molar-refractivity contribution in [1.82, 2.24) is 51.5 Å². The molecule has 0 aliphatic rings. The maximum Gasteiger partial charge on any atom is 0.417 e. The molecular formula is C98H96Cl4F9N15O6. The average Bonchev–Trinajstić information content (AvgIpc) is 0.958. The van der Waals surface area contributed by atoms with Crippen LogP contribution in [0.3, 0.4) is 0 Å². The number of nitrogens with two attached hydrogens (primary N) is 2. The Hall–Kier alpha value is -13.0. The first-order valence-corrected chi connectivity index (χ1v) is 42.8. The van der Waals surface area contributed by atoms with E-state index >= 15 is 0 Å². The summed E-state index contributed by atoms with van der Waals surface area (Å²) in [6, 6.07) is 68.8. The Morgan fingerprint density at radius 1 is 0.424 bits per heavy atom. The molecule has 0 radical (unpaired) electrons. The number of aromatic amines is 1. The highest BCUT2D eigenvalue weighted by atomic mass is 35.5. The van der Waals surface area contributed by atoms with E-state index in [0.29, 0.717) is 75.4 Å². The molecule has 0 spiro atoms. The first-order valence-electron chi connectivity index (χ1n) is 41.3. The number of amidine groups is 1. The average molecular weight is 1890 g/mol. The number of rotatable bonds is 30. The van der Waals surface area contributed by atoms with E-state index in [-0.39, 0.29) is 65.3 Å². The van der Waals surface area contributed by atoms with E-state index in [0.717, 1.165) is 92.3 Å². The number of alkyl halides is 9. The lowest BCUT2D eigenvalue weighted by Crippen LogP contribution is -2.51. The van der Waals surface area contributed by atoms with Crippen LogP contribution in [0.4, 0.5) is 39.5 Å². The number of benzene rings is 8. The summed E-state index contributed by atoms with van der Waals surface area (Å²) >= 11 is 24.0. The number of hydrogen-bond donors (Lipinski definition) is 7. The van der Waals surface area contributed by atoms with E-state index in [1.165, 1.54) is 47.1 Å². The number of nitriles is 2. The van der Waals surface area contributed by atoms with Crippen LogP contribution < -0.4 is 41.6 Å². The number of carbonyl (C=O) groups excluding carboxylic acids is 3. The summed E-state index contributed by atoms with van der Waals surface area (Å²) < 4.78 is 132. The van der Waals surface area contributed by atoms with Gasteiger partial charge in [0, 0.05) is 116 Å². The van der Waals surface area contributed by atoms with Crippen molar-refractivity contribution in [2.45, 2.75) is 178 Å². The largest absolute Gasteiger partial charge is 0.462 e. The van der Waals surface area contributed by atoms with Gasteiger partial charge in [0.2, 0.25) is 23.5 Å². The van der Waals surface area contributed by atoms with Gasteiger partial charge in [-0.1, -0.05) is 156 Å². The van der Waals surface area contributed by atoms with Crippen molar-refractivity contribution in [3.63, 3.8) is 0 Å². The van der Waals surface area contributed by atoms with Crippen LogP contribution in [0.5, 0.6) is 17.6 Å². The second kappa shape index (κ2) is 45.7. The summed E-state index contributed by atoms with van der Waals surface area (Å²) in [5.41, 5.74) is 15.3. The number of halogens is 13. The fraction of sp³-hybridized carbons (Fsp3) is 0.286. The van der Waals surface area contributed by atoms with E-state index in [1.54, 1.807) is 66.7 Å². The molecule has 8 atom stereocenters. The van der Waals surface area contributed by atoms with Crippen LogP contribution in [0.1, 0.15) is 171 Å². The van der Waals surface area contributed by atoms with Crippen LogP contribution in [0.2, 0.25) is 20.1 Å². The molecule has 4 heterocycles. The SMILES string of the molecule is CC(N)C(Cc1ccc(Cl)cc1)c1cccc(C#N)c1.CC(NC(=O)C(C)(C)Oc1ccc(C(F)(F)F)cn1)C(Cc1ccc(Cl)cc1)c1cccc(-c2nn[nH]n2)c1.CC(NC(=O)C(C)(C)Oc1ccc(C(F)(F)F)cn1)C(Cc1ccc(Cl)cc1)c1cccc(C#N)c1.CC(NC(=O)C(C)(C)Oc1ccc(C(F)(F)F)cn1)C(Cc1ccc(Cl)cc1)c1cccc(C(=N)N)c1. The first kappa shape index (κ1) is 103. The molecule has 4 aromatic heterocycles. The number of tetrazole rings is 1. The molecule has 132 heavy (non-hydrogen) atoms. The van der Waals surface area contributed by atoms with E-state index in [9.17, 15) is 59.2 Å². The van der Waals surface area contributed by atoms with Crippen LogP contribution >= 0.6 is 46.4 Å². The predicted molar refractivity (Wildman–Crippen MR) is 489 cm³/mol. The smallest absolute Gasteiger partial charge is 0.417 e. The van der Waals surface area contributed by atoms with Gasteiger partial charge >= 0.3 is 18.5 Å². The minimum atomic E-state index is -4.52. The zero-order valence-corrected chi connectivity index (χ0v) is 76.2. The van der Waals surface area contributed by atoms with E-state index < -0.39 is 75.8 Å². The maximum atomic E-state index is 13.3. The Morgan fingerprint density at radius 2 is 0.720 bits per heavy atom. The van der Waals surface area contributed by atoms with Crippen molar-refractivity contribution in [3.05, 3.63) is 347 Å². The number of pyridine rings is 3. The van der Waals surface area contributed by atoms with Crippen molar-refractivity contribution in [1.29, 1.82) is 15.9 Å². The van der Waals surface area contributed by atoms with Gasteiger partial charge in [-0.15, -0.1) is 10.2 Å². The summed E-state index contributed by atoms with van der Waals surface area (Å²) in [5, 5.41) is 51.8. The van der Waals surface area contributed by atoms with Crippen molar-refractivity contribution < 1.29 is 68.1 Å². The molecule has 0 aliphatic heterocycles. The Morgan fingerprint density at radius 3 is 1.00 bits per heavy atom. The van der Waals surface area contributed by atoms with Gasteiger partial charge in [0.15, 0.2) is 16.8 Å². The number of ether oxygens (including phenoxy) is 3. The second-order valence-corrected chi connectivity index (χ2v) is 34.5. The fourth-order valence-corrected chi connectivity index (χ4v) is 14.4. The molecule has 0 saturated heterocycles. The van der Waals surface area contributed by atoms with Crippen molar-refractivity contribution in [3.8, 4) is 41.2 Å². The van der Waals surface area contributed by atoms with E-state index in [4.69, 9.17) is 82.8 Å². The minimum absolute atomic E-state index is 0.0135. The standard InChI is InChI=1S/C27H26ClF3N6O2.C27H28ClF3N4O2.C27H25ClF3N3O2.C17H17ClN2/c1-16(33-25(38)26(2,3)39-23-12-9-20(15-32-23)27(29,30)31)22(13-17-7-10-21(28)11-8-17)18-5-4-6-19(14-18)24-34-36-37-35-24;1-16(35-25(36)26(2,3)37-23-12-9-20(15-34-23)27(29,30)31)22(13-17-7-10-21(28)11-8-17)18-5-4-6-19(14-18)24(32)33;1-17(34-25(35)26(2,3)36-24-12-9-21(16-33-24)27(29,30)31)23(14-18-7-10-22(28)11-8-18)20-6-4-5-19(13-20)15-32;1-12(20)17(10-13-5-7-16(18)8-6-13)15-4-2-3-14(9-15)11-19/h4-12,14-16,22H,13H2,1-3H3,(H,33,38)(H,34,35,36,37);4-12,14-16,22H,13H2,1-3H3,(H3,32,33)(H,35,36);4-13,16-17,23H,14H2,1-3H3,(H,34,35);2-9,12,17H,10,20H2,1H3. The quantitative estimate of drug-likeness (QED) is 0.0125. The molecule has 34 heteroatoms. The molecule has 12 rings (SSSR count). The van der Waals surface area contributed by atoms with Gasteiger partial charge in [-0.2, -0.15) is 55.3 Å². The normalized spacial score (nSPS) is 13.5. The highest BCUT2D eigenvalue weighted by Gasteiger charge is 2.40. The van der Waals surface area contributed by atoms with Gasteiger partial charge in [-0.25, -0.2) is 15.0 Å². The zero-order valence-electron chi connectivity index (χ0n) is 73.2. The van der Waals surface area contributed by atoms with Crippen molar-refractivity contribution >= 4 is 70.0 Å². The molecule has 0 saturated carbocycles. The second-order valence-electron chi connectivity index (χ2n) is 32.8. The van der Waals surface area contributed by atoms with Crippen LogP contribution in [-0.4, -0.2) is 100 Å². The molecule has 12 aromatic rings. The number of hydrogen-bond acceptors (Lipinski definition) is 16. The monoisotopic (exact) mass is 1890 g/mol. The Labute approximate surface area is 778 Å². The van der Waals surface area contributed by atoms with Crippen molar-refractivity contribution in [2.75, 3.05) is 0 Å².